The molecule has 2 aliphatic rings. The average Bonchev–Trinajstić information content (AvgIpc) is 3.33. The van der Waals surface area contributed by atoms with Crippen molar-refractivity contribution < 1.29 is 19.1 Å². The van der Waals surface area contributed by atoms with E-state index in [1.807, 2.05) is 21.9 Å². The van der Waals surface area contributed by atoms with Crippen LogP contribution in [0.25, 0.3) is 0 Å². The Labute approximate surface area is 190 Å². The fourth-order valence-corrected chi connectivity index (χ4v) is 4.98. The molecule has 1 atom stereocenters. The third kappa shape index (κ3) is 5.56. The molecule has 3 heterocycles. The van der Waals surface area contributed by atoms with Crippen molar-refractivity contribution >= 4 is 34.8 Å². The summed E-state index contributed by atoms with van der Waals surface area (Å²) in [6, 6.07) is 7.25. The molecule has 0 bridgehead atoms. The summed E-state index contributed by atoms with van der Waals surface area (Å²) in [5, 5.41) is 0.599. The zero-order chi connectivity index (χ0) is 21.7. The van der Waals surface area contributed by atoms with Gasteiger partial charge in [0.15, 0.2) is 0 Å². The van der Waals surface area contributed by atoms with E-state index >= 15 is 0 Å². The van der Waals surface area contributed by atoms with Gasteiger partial charge in [-0.25, -0.2) is 0 Å². The van der Waals surface area contributed by atoms with Crippen LogP contribution in [0.15, 0.2) is 36.0 Å². The normalized spacial score (nSPS) is 21.7. The first-order chi connectivity index (χ1) is 15.0. The van der Waals surface area contributed by atoms with Crippen molar-refractivity contribution in [2.24, 2.45) is 5.41 Å². The number of morpholine rings is 1. The molecule has 2 amide bonds. The molecule has 0 radical (unpaired) electrons. The maximum absolute atomic E-state index is 13.1. The Morgan fingerprint density at radius 1 is 1.23 bits per heavy atom. The van der Waals surface area contributed by atoms with Gasteiger partial charge in [0.1, 0.15) is 10.6 Å². The van der Waals surface area contributed by atoms with Crippen LogP contribution in [-0.4, -0.2) is 72.6 Å². The number of thiazole rings is 1. The highest BCUT2D eigenvalue weighted by Gasteiger charge is 2.41. The van der Waals surface area contributed by atoms with Gasteiger partial charge in [-0.15, -0.1) is 11.3 Å². The molecule has 7 nitrogen and oxygen atoms in total. The molecule has 1 aromatic heterocycles. The van der Waals surface area contributed by atoms with Gasteiger partial charge in [0.2, 0.25) is 5.91 Å². The minimum atomic E-state index is -0.462. The lowest BCUT2D eigenvalue weighted by Gasteiger charge is -2.43. The molecule has 31 heavy (non-hydrogen) atoms. The predicted octanol–water partition coefficient (Wildman–Crippen LogP) is 3.35. The number of aromatic nitrogens is 1. The molecule has 9 heteroatoms. The van der Waals surface area contributed by atoms with Gasteiger partial charge in [-0.05, 0) is 31.0 Å². The number of amides is 2. The van der Waals surface area contributed by atoms with E-state index in [2.05, 4.69) is 4.98 Å². The zero-order valence-corrected chi connectivity index (χ0v) is 18.9. The first kappa shape index (κ1) is 22.0. The SMILES string of the molecule is O=C(C[C@@]1(COc2cccc(Cl)c2)CCCN(C(=O)c2cncs2)C1)N1CCOCC1. The maximum atomic E-state index is 13.1. The number of carbonyl (C=O) groups excluding carboxylic acids is 2. The van der Waals surface area contributed by atoms with Crippen molar-refractivity contribution in [2.45, 2.75) is 19.3 Å². The van der Waals surface area contributed by atoms with E-state index < -0.39 is 5.41 Å². The van der Waals surface area contributed by atoms with Crippen molar-refractivity contribution in [1.82, 2.24) is 14.8 Å². The van der Waals surface area contributed by atoms with Gasteiger partial charge < -0.3 is 19.3 Å². The molecule has 2 fully saturated rings. The summed E-state index contributed by atoms with van der Waals surface area (Å²) in [6.07, 6.45) is 3.57. The number of hydrogen-bond acceptors (Lipinski definition) is 6. The van der Waals surface area contributed by atoms with Crippen LogP contribution in [0.1, 0.15) is 28.9 Å². The minimum Gasteiger partial charge on any atom is -0.493 e. The molecule has 2 saturated heterocycles. The number of hydrogen-bond donors (Lipinski definition) is 0. The number of carbonyl (C=O) groups is 2. The number of ether oxygens (including phenoxy) is 2. The van der Waals surface area contributed by atoms with Crippen LogP contribution in [0.3, 0.4) is 0 Å². The van der Waals surface area contributed by atoms with E-state index in [1.54, 1.807) is 23.8 Å². The Hall–Kier alpha value is -2.16. The Balaban J connectivity index is 1.52. The van der Waals surface area contributed by atoms with Crippen LogP contribution >= 0.6 is 22.9 Å². The first-order valence-electron chi connectivity index (χ1n) is 10.5. The summed E-state index contributed by atoms with van der Waals surface area (Å²) in [5.41, 5.74) is 1.20. The van der Waals surface area contributed by atoms with Crippen molar-refractivity contribution in [2.75, 3.05) is 46.0 Å². The molecular weight excluding hydrogens is 438 g/mol. The van der Waals surface area contributed by atoms with Gasteiger partial charge in [-0.3, -0.25) is 14.6 Å². The van der Waals surface area contributed by atoms with Crippen molar-refractivity contribution in [3.05, 3.63) is 45.9 Å². The summed E-state index contributed by atoms with van der Waals surface area (Å²) in [6.45, 7) is 3.82. The Morgan fingerprint density at radius 3 is 2.81 bits per heavy atom. The lowest BCUT2D eigenvalue weighted by atomic mass is 9.77. The number of likely N-dealkylation sites (tertiary alicyclic amines) is 1. The standard InChI is InChI=1S/C22H26ClN3O4S/c23-17-3-1-4-18(11-17)30-15-22(12-20(27)25-7-9-29-10-8-25)5-2-6-26(14-22)21(28)19-13-24-16-31-19/h1,3-4,11,13,16H,2,5-10,12,14-15H2/t22-/m0/s1. The van der Waals surface area contributed by atoms with E-state index in [1.165, 1.54) is 11.3 Å². The second kappa shape index (κ2) is 9.97. The summed E-state index contributed by atoms with van der Waals surface area (Å²) >= 11 is 7.43. The van der Waals surface area contributed by atoms with E-state index in [0.717, 1.165) is 12.8 Å². The molecule has 0 N–H and O–H groups in total. The number of halogens is 1. The molecule has 2 aliphatic heterocycles. The van der Waals surface area contributed by atoms with Crippen molar-refractivity contribution in [3.8, 4) is 5.75 Å². The van der Waals surface area contributed by atoms with Crippen LogP contribution in [0.5, 0.6) is 5.75 Å². The minimum absolute atomic E-state index is 0.0341. The Kier molecular flexibility index (Phi) is 7.09. The lowest BCUT2D eigenvalue weighted by molar-refractivity contribution is -0.139. The highest BCUT2D eigenvalue weighted by Crippen LogP contribution is 2.36. The average molecular weight is 464 g/mol. The highest BCUT2D eigenvalue weighted by molar-refractivity contribution is 7.11. The van der Waals surface area contributed by atoms with Crippen LogP contribution in [0.4, 0.5) is 0 Å². The van der Waals surface area contributed by atoms with Gasteiger partial charge in [-0.2, -0.15) is 0 Å². The quantitative estimate of drug-likeness (QED) is 0.657. The molecule has 4 rings (SSSR count). The van der Waals surface area contributed by atoms with Crippen LogP contribution in [-0.2, 0) is 9.53 Å². The van der Waals surface area contributed by atoms with Crippen LogP contribution in [0, 0.1) is 5.41 Å². The summed E-state index contributed by atoms with van der Waals surface area (Å²) in [4.78, 5) is 34.4. The number of benzene rings is 1. The molecule has 166 valence electrons. The molecule has 0 aliphatic carbocycles. The van der Waals surface area contributed by atoms with Crippen LogP contribution < -0.4 is 4.74 Å². The third-order valence-electron chi connectivity index (χ3n) is 5.82. The topological polar surface area (TPSA) is 72.0 Å². The predicted molar refractivity (Wildman–Crippen MR) is 119 cm³/mol. The summed E-state index contributed by atoms with van der Waals surface area (Å²) in [5.74, 6) is 0.717. The molecule has 2 aromatic rings. The van der Waals surface area contributed by atoms with Crippen LogP contribution in [0.2, 0.25) is 5.02 Å². The smallest absolute Gasteiger partial charge is 0.265 e. The van der Waals surface area contributed by atoms with Gasteiger partial charge in [0, 0.05) is 43.0 Å². The molecule has 0 saturated carbocycles. The Bertz CT molecular complexity index is 904. The Morgan fingerprint density at radius 2 is 2.06 bits per heavy atom. The van der Waals surface area contributed by atoms with Gasteiger partial charge in [-0.1, -0.05) is 17.7 Å². The molecule has 1 aromatic carbocycles. The fraction of sp³-hybridized carbons (Fsp3) is 0.500. The molecule has 0 spiro atoms. The second-order valence-electron chi connectivity index (χ2n) is 8.11. The zero-order valence-electron chi connectivity index (χ0n) is 17.3. The first-order valence-corrected chi connectivity index (χ1v) is 11.7. The number of rotatable bonds is 6. The van der Waals surface area contributed by atoms with Crippen molar-refractivity contribution in [1.29, 1.82) is 0 Å². The van der Waals surface area contributed by atoms with Gasteiger partial charge in [0.25, 0.3) is 5.91 Å². The molecular formula is C22H26ClN3O4S. The van der Waals surface area contributed by atoms with E-state index in [-0.39, 0.29) is 11.8 Å². The molecule has 0 unspecified atom stereocenters. The van der Waals surface area contributed by atoms with E-state index in [9.17, 15) is 9.59 Å². The number of nitrogens with zero attached hydrogens (tertiary/aromatic N) is 3. The monoisotopic (exact) mass is 463 g/mol. The number of piperidine rings is 1. The van der Waals surface area contributed by atoms with Gasteiger partial charge in [0.05, 0.1) is 31.5 Å². The van der Waals surface area contributed by atoms with E-state index in [0.29, 0.717) is 68.1 Å². The van der Waals surface area contributed by atoms with Gasteiger partial charge >= 0.3 is 0 Å². The maximum Gasteiger partial charge on any atom is 0.265 e. The van der Waals surface area contributed by atoms with Crippen molar-refractivity contribution in [3.63, 3.8) is 0 Å². The summed E-state index contributed by atoms with van der Waals surface area (Å²) in [7, 11) is 0. The second-order valence-corrected chi connectivity index (χ2v) is 9.43. The third-order valence-corrected chi connectivity index (χ3v) is 6.82. The lowest BCUT2D eigenvalue weighted by Crippen LogP contribution is -2.51. The largest absolute Gasteiger partial charge is 0.493 e. The fourth-order valence-electron chi connectivity index (χ4n) is 4.21. The van der Waals surface area contributed by atoms with E-state index in [4.69, 9.17) is 21.1 Å². The highest BCUT2D eigenvalue weighted by atomic mass is 35.5. The summed E-state index contributed by atoms with van der Waals surface area (Å²) < 4.78 is 11.5.